The fourth-order valence-corrected chi connectivity index (χ4v) is 3.89. The van der Waals surface area contributed by atoms with Gasteiger partial charge in [-0.2, -0.15) is 0 Å². The summed E-state index contributed by atoms with van der Waals surface area (Å²) in [5, 5.41) is 7.26. The molecule has 6 heteroatoms. The Kier molecular flexibility index (Phi) is 5.46. The molecule has 0 aliphatic heterocycles. The molecule has 28 heavy (non-hydrogen) atoms. The van der Waals surface area contributed by atoms with Crippen molar-refractivity contribution in [3.63, 3.8) is 0 Å². The lowest BCUT2D eigenvalue weighted by molar-refractivity contribution is 0.271. The third-order valence-corrected chi connectivity index (χ3v) is 5.36. The van der Waals surface area contributed by atoms with Crippen LogP contribution >= 0.6 is 22.9 Å². The van der Waals surface area contributed by atoms with Gasteiger partial charge in [0.2, 0.25) is 0 Å². The minimum Gasteiger partial charge on any atom is -0.493 e. The van der Waals surface area contributed by atoms with Crippen LogP contribution < -0.4 is 10.1 Å². The van der Waals surface area contributed by atoms with Gasteiger partial charge in [0.25, 0.3) is 0 Å². The van der Waals surface area contributed by atoms with Crippen LogP contribution in [0.2, 0.25) is 5.02 Å². The van der Waals surface area contributed by atoms with Crippen LogP contribution in [0, 0.1) is 5.92 Å². The maximum atomic E-state index is 6.04. The lowest BCUT2D eigenvalue weighted by atomic mass is 10.1. The van der Waals surface area contributed by atoms with Gasteiger partial charge in [-0.15, -0.1) is 11.3 Å². The van der Waals surface area contributed by atoms with Crippen LogP contribution in [-0.4, -0.2) is 16.6 Å². The first kappa shape index (κ1) is 18.7. The summed E-state index contributed by atoms with van der Waals surface area (Å²) in [6.45, 7) is 4.98. The predicted octanol–water partition coefficient (Wildman–Crippen LogP) is 6.79. The number of fused-ring (bicyclic) bond motifs is 1. The smallest absolute Gasteiger partial charge is 0.143 e. The topological polar surface area (TPSA) is 47.0 Å². The second-order valence-electron chi connectivity index (χ2n) is 6.91. The maximum absolute atomic E-state index is 6.04. The number of halogens is 1. The molecule has 0 amide bonds. The number of thiophene rings is 1. The van der Waals surface area contributed by atoms with Crippen LogP contribution in [0.1, 0.15) is 13.8 Å². The summed E-state index contributed by atoms with van der Waals surface area (Å²) < 4.78 is 5.75. The molecule has 0 unspecified atom stereocenters. The van der Waals surface area contributed by atoms with E-state index in [4.69, 9.17) is 16.3 Å². The first-order valence-corrected chi connectivity index (χ1v) is 10.3. The molecule has 0 spiro atoms. The van der Waals surface area contributed by atoms with Crippen molar-refractivity contribution >= 4 is 44.7 Å². The third-order valence-electron chi connectivity index (χ3n) is 4.23. The van der Waals surface area contributed by atoms with Crippen LogP contribution in [0.5, 0.6) is 5.75 Å². The van der Waals surface area contributed by atoms with Crippen molar-refractivity contribution in [2.24, 2.45) is 5.92 Å². The fourth-order valence-electron chi connectivity index (χ4n) is 2.85. The van der Waals surface area contributed by atoms with E-state index >= 15 is 0 Å². The molecule has 4 nitrogen and oxygen atoms in total. The summed E-state index contributed by atoms with van der Waals surface area (Å²) in [6.07, 6.45) is 1.59. The van der Waals surface area contributed by atoms with E-state index in [1.54, 1.807) is 17.7 Å². The number of anilines is 2. The predicted molar refractivity (Wildman–Crippen MR) is 118 cm³/mol. The molecule has 0 aliphatic rings. The van der Waals surface area contributed by atoms with Crippen molar-refractivity contribution in [2.75, 3.05) is 11.9 Å². The molecule has 0 aliphatic carbocycles. The Morgan fingerprint density at radius 1 is 1.04 bits per heavy atom. The van der Waals surface area contributed by atoms with Crippen LogP contribution in [0.4, 0.5) is 11.5 Å². The number of ether oxygens (including phenoxy) is 1. The Hall–Kier alpha value is -2.63. The summed E-state index contributed by atoms with van der Waals surface area (Å²) in [5.41, 5.74) is 3.13. The van der Waals surface area contributed by atoms with Gasteiger partial charge in [-0.1, -0.05) is 37.6 Å². The summed E-state index contributed by atoms with van der Waals surface area (Å²) in [5.74, 6) is 2.15. The first-order chi connectivity index (χ1) is 13.6. The normalized spacial score (nSPS) is 11.1. The van der Waals surface area contributed by atoms with E-state index in [-0.39, 0.29) is 0 Å². The van der Waals surface area contributed by atoms with Crippen molar-refractivity contribution < 1.29 is 4.74 Å². The van der Waals surface area contributed by atoms with Crippen LogP contribution in [0.15, 0.2) is 60.2 Å². The molecule has 0 radical (unpaired) electrons. The number of hydrogen-bond donors (Lipinski definition) is 1. The molecule has 0 saturated heterocycles. The quantitative estimate of drug-likeness (QED) is 0.380. The highest BCUT2D eigenvalue weighted by atomic mass is 35.5. The van der Waals surface area contributed by atoms with Gasteiger partial charge >= 0.3 is 0 Å². The zero-order valence-corrected chi connectivity index (χ0v) is 17.2. The molecule has 2 aromatic heterocycles. The lowest BCUT2D eigenvalue weighted by Gasteiger charge is -2.11. The standard InChI is InChI=1S/C22H20ClN3OS/c1-14(2)11-27-18-9-7-17(8-10-18)26-21-20-19(12-28-22(20)25-13-24-21)15-3-5-16(23)6-4-15/h3-10,12-14H,11H2,1-2H3,(H,24,25,26). The highest BCUT2D eigenvalue weighted by molar-refractivity contribution is 7.17. The fraction of sp³-hybridized carbons (Fsp3) is 0.182. The number of aromatic nitrogens is 2. The Morgan fingerprint density at radius 3 is 2.50 bits per heavy atom. The Balaban J connectivity index is 1.64. The first-order valence-electron chi connectivity index (χ1n) is 9.08. The van der Waals surface area contributed by atoms with Crippen LogP contribution in [0.3, 0.4) is 0 Å². The average molecular weight is 410 g/mol. The molecule has 0 fully saturated rings. The lowest BCUT2D eigenvalue weighted by Crippen LogP contribution is -2.04. The number of hydrogen-bond acceptors (Lipinski definition) is 5. The molecule has 2 aromatic carbocycles. The minimum absolute atomic E-state index is 0.497. The number of nitrogens with one attached hydrogen (secondary N) is 1. The zero-order valence-electron chi connectivity index (χ0n) is 15.6. The SMILES string of the molecule is CC(C)COc1ccc(Nc2ncnc3scc(-c4ccc(Cl)cc4)c23)cc1. The van der Waals surface area contributed by atoms with Gasteiger partial charge in [0, 0.05) is 21.7 Å². The third kappa shape index (κ3) is 4.11. The second-order valence-corrected chi connectivity index (χ2v) is 8.21. The van der Waals surface area contributed by atoms with E-state index in [1.165, 1.54) is 0 Å². The molecule has 4 aromatic rings. The number of benzene rings is 2. The van der Waals surface area contributed by atoms with E-state index in [9.17, 15) is 0 Å². The second kappa shape index (κ2) is 8.17. The van der Waals surface area contributed by atoms with E-state index in [2.05, 4.69) is 34.5 Å². The largest absolute Gasteiger partial charge is 0.493 e. The molecule has 1 N–H and O–H groups in total. The summed E-state index contributed by atoms with van der Waals surface area (Å²) in [4.78, 5) is 9.85. The van der Waals surface area contributed by atoms with Crippen molar-refractivity contribution in [3.8, 4) is 16.9 Å². The highest BCUT2D eigenvalue weighted by Gasteiger charge is 2.13. The van der Waals surface area contributed by atoms with Crippen molar-refractivity contribution in [3.05, 3.63) is 65.3 Å². The van der Waals surface area contributed by atoms with Gasteiger partial charge < -0.3 is 10.1 Å². The molecule has 4 rings (SSSR count). The zero-order chi connectivity index (χ0) is 19.5. The monoisotopic (exact) mass is 409 g/mol. The molecule has 0 atom stereocenters. The van der Waals surface area contributed by atoms with E-state index in [0.717, 1.165) is 43.6 Å². The Morgan fingerprint density at radius 2 is 1.79 bits per heavy atom. The summed E-state index contributed by atoms with van der Waals surface area (Å²) >= 11 is 7.64. The van der Waals surface area contributed by atoms with Crippen LogP contribution in [0.25, 0.3) is 21.3 Å². The van der Waals surface area contributed by atoms with E-state index < -0.39 is 0 Å². The summed E-state index contributed by atoms with van der Waals surface area (Å²) in [6, 6.07) is 15.8. The molecule has 0 bridgehead atoms. The molecular weight excluding hydrogens is 390 g/mol. The van der Waals surface area contributed by atoms with Crippen molar-refractivity contribution in [1.82, 2.24) is 9.97 Å². The van der Waals surface area contributed by atoms with Gasteiger partial charge in [-0.25, -0.2) is 9.97 Å². The number of nitrogens with zero attached hydrogens (tertiary/aromatic N) is 2. The highest BCUT2D eigenvalue weighted by Crippen LogP contribution is 2.37. The molecular formula is C22H20ClN3OS. The van der Waals surface area contributed by atoms with Gasteiger partial charge in [0.1, 0.15) is 22.7 Å². The molecule has 0 saturated carbocycles. The molecule has 142 valence electrons. The van der Waals surface area contributed by atoms with Crippen molar-refractivity contribution in [2.45, 2.75) is 13.8 Å². The van der Waals surface area contributed by atoms with Gasteiger partial charge in [-0.05, 0) is 47.9 Å². The van der Waals surface area contributed by atoms with Crippen molar-refractivity contribution in [1.29, 1.82) is 0 Å². The minimum atomic E-state index is 0.497. The molecule has 2 heterocycles. The van der Waals surface area contributed by atoms with Crippen LogP contribution in [-0.2, 0) is 0 Å². The van der Waals surface area contributed by atoms with E-state index in [1.807, 2.05) is 48.5 Å². The maximum Gasteiger partial charge on any atom is 0.143 e. The summed E-state index contributed by atoms with van der Waals surface area (Å²) in [7, 11) is 0. The van der Waals surface area contributed by atoms with Gasteiger partial charge in [0.15, 0.2) is 0 Å². The van der Waals surface area contributed by atoms with Gasteiger partial charge in [0.05, 0.1) is 12.0 Å². The Bertz CT molecular complexity index is 1080. The number of rotatable bonds is 6. The Labute approximate surface area is 173 Å². The average Bonchev–Trinajstić information content (AvgIpc) is 3.13. The van der Waals surface area contributed by atoms with Gasteiger partial charge in [-0.3, -0.25) is 0 Å². The van der Waals surface area contributed by atoms with E-state index in [0.29, 0.717) is 12.5 Å².